The van der Waals surface area contributed by atoms with Gasteiger partial charge in [-0.1, -0.05) is 0 Å². The van der Waals surface area contributed by atoms with E-state index in [4.69, 9.17) is 5.73 Å². The number of hydrogen-bond acceptors (Lipinski definition) is 4. The van der Waals surface area contributed by atoms with Crippen LogP contribution in [-0.4, -0.2) is 27.4 Å². The van der Waals surface area contributed by atoms with E-state index in [1.165, 1.54) is 6.92 Å². The van der Waals surface area contributed by atoms with Crippen LogP contribution in [0.2, 0.25) is 0 Å². The van der Waals surface area contributed by atoms with Crippen molar-refractivity contribution in [2.45, 2.75) is 11.8 Å². The number of hydrogen-bond donors (Lipinski definition) is 3. The molecule has 1 amide bonds. The third-order valence-corrected chi connectivity index (χ3v) is 4.29. The third-order valence-electron chi connectivity index (χ3n) is 2.13. The largest absolute Gasteiger partial charge is 0.398 e. The van der Waals surface area contributed by atoms with Crippen molar-refractivity contribution < 1.29 is 17.6 Å². The van der Waals surface area contributed by atoms with E-state index in [1.54, 1.807) is 0 Å². The van der Waals surface area contributed by atoms with E-state index in [2.05, 4.69) is 26.0 Å². The number of carbonyl (C=O) groups excluding carboxylic acids is 1. The van der Waals surface area contributed by atoms with Crippen LogP contribution in [0.4, 0.5) is 10.1 Å². The molecule has 6 nitrogen and oxygen atoms in total. The first-order valence-electron chi connectivity index (χ1n) is 5.22. The lowest BCUT2D eigenvalue weighted by Crippen LogP contribution is -2.34. The van der Waals surface area contributed by atoms with Crippen molar-refractivity contribution in [3.8, 4) is 0 Å². The summed E-state index contributed by atoms with van der Waals surface area (Å²) in [4.78, 5) is 10.1. The Hall–Kier alpha value is -1.19. The lowest BCUT2D eigenvalue weighted by atomic mass is 10.3. The molecular formula is C10H13BrFN3O3S. The summed E-state index contributed by atoms with van der Waals surface area (Å²) in [5.41, 5.74) is 5.63. The van der Waals surface area contributed by atoms with E-state index >= 15 is 0 Å². The van der Waals surface area contributed by atoms with Gasteiger partial charge in [0.1, 0.15) is 10.7 Å². The molecule has 0 spiro atoms. The van der Waals surface area contributed by atoms with Crippen LogP contribution in [0.25, 0.3) is 0 Å². The molecule has 0 fully saturated rings. The minimum atomic E-state index is -4.01. The molecule has 9 heteroatoms. The zero-order chi connectivity index (χ0) is 14.6. The summed E-state index contributed by atoms with van der Waals surface area (Å²) < 4.78 is 39.7. The maximum absolute atomic E-state index is 13.6. The second kappa shape index (κ2) is 6.31. The first-order chi connectivity index (χ1) is 8.74. The fourth-order valence-electron chi connectivity index (χ4n) is 1.25. The van der Waals surface area contributed by atoms with Gasteiger partial charge in [-0.15, -0.1) is 0 Å². The molecule has 4 N–H and O–H groups in total. The highest BCUT2D eigenvalue weighted by atomic mass is 79.9. The molecule has 1 aromatic carbocycles. The zero-order valence-electron chi connectivity index (χ0n) is 10.0. The van der Waals surface area contributed by atoms with E-state index in [0.29, 0.717) is 0 Å². The Morgan fingerprint density at radius 3 is 2.63 bits per heavy atom. The number of rotatable bonds is 5. The molecule has 0 radical (unpaired) electrons. The van der Waals surface area contributed by atoms with Crippen molar-refractivity contribution in [2.75, 3.05) is 18.8 Å². The van der Waals surface area contributed by atoms with Crippen LogP contribution in [0.3, 0.4) is 0 Å². The van der Waals surface area contributed by atoms with Gasteiger partial charge in [-0.25, -0.2) is 17.5 Å². The SMILES string of the molecule is CC(=O)NCCNS(=O)(=O)c1cc(N)c(Br)cc1F. The smallest absolute Gasteiger partial charge is 0.243 e. The molecule has 0 unspecified atom stereocenters. The standard InChI is InChI=1S/C10H13BrFN3O3S/c1-6(16)14-2-3-15-19(17,18)10-5-9(13)7(11)4-8(10)12/h4-5,15H,2-3,13H2,1H3,(H,14,16). The van der Waals surface area contributed by atoms with Crippen LogP contribution in [0.1, 0.15) is 6.92 Å². The molecule has 0 aliphatic heterocycles. The molecule has 1 rings (SSSR count). The highest BCUT2D eigenvalue weighted by Crippen LogP contribution is 2.25. The first-order valence-corrected chi connectivity index (χ1v) is 7.50. The van der Waals surface area contributed by atoms with Crippen LogP contribution in [0.5, 0.6) is 0 Å². The Morgan fingerprint density at radius 1 is 1.42 bits per heavy atom. The molecular weight excluding hydrogens is 341 g/mol. The van der Waals surface area contributed by atoms with Gasteiger partial charge in [-0.2, -0.15) is 0 Å². The number of amides is 1. The average molecular weight is 354 g/mol. The summed E-state index contributed by atoms with van der Waals surface area (Å²) >= 11 is 3.00. The molecule has 19 heavy (non-hydrogen) atoms. The number of anilines is 1. The van der Waals surface area contributed by atoms with Crippen molar-refractivity contribution in [1.29, 1.82) is 0 Å². The Labute approximate surface area is 118 Å². The molecule has 0 aliphatic carbocycles. The molecule has 0 aromatic heterocycles. The zero-order valence-corrected chi connectivity index (χ0v) is 12.4. The lowest BCUT2D eigenvalue weighted by molar-refractivity contribution is -0.118. The quantitative estimate of drug-likeness (QED) is 0.532. The van der Waals surface area contributed by atoms with Gasteiger partial charge in [-0.05, 0) is 28.1 Å². The minimum Gasteiger partial charge on any atom is -0.398 e. The summed E-state index contributed by atoms with van der Waals surface area (Å²) in [6.45, 7) is 1.38. The van der Waals surface area contributed by atoms with Crippen molar-refractivity contribution in [1.82, 2.24) is 10.0 Å². The second-order valence-electron chi connectivity index (χ2n) is 3.68. The van der Waals surface area contributed by atoms with Crippen molar-refractivity contribution in [2.24, 2.45) is 0 Å². The van der Waals surface area contributed by atoms with Crippen LogP contribution in [0.15, 0.2) is 21.5 Å². The number of carbonyl (C=O) groups is 1. The monoisotopic (exact) mass is 353 g/mol. The molecule has 0 saturated heterocycles. The molecule has 1 aromatic rings. The third kappa shape index (κ3) is 4.44. The normalized spacial score (nSPS) is 11.3. The van der Waals surface area contributed by atoms with Gasteiger partial charge in [0.2, 0.25) is 15.9 Å². The number of halogens is 2. The van der Waals surface area contributed by atoms with Crippen LogP contribution in [0, 0.1) is 5.82 Å². The Balaban J connectivity index is 2.83. The summed E-state index contributed by atoms with van der Waals surface area (Å²) in [6.07, 6.45) is 0. The summed E-state index contributed by atoms with van der Waals surface area (Å²) in [6, 6.07) is 2.01. The molecule has 0 aliphatic rings. The van der Waals surface area contributed by atoms with Gasteiger partial charge in [-0.3, -0.25) is 4.79 Å². The number of nitrogens with two attached hydrogens (primary N) is 1. The van der Waals surface area contributed by atoms with Gasteiger partial charge in [0.25, 0.3) is 0 Å². The fraction of sp³-hybridized carbons (Fsp3) is 0.300. The van der Waals surface area contributed by atoms with Gasteiger partial charge < -0.3 is 11.1 Å². The van der Waals surface area contributed by atoms with E-state index in [1.807, 2.05) is 0 Å². The molecule has 106 valence electrons. The Bertz CT molecular complexity index is 592. The van der Waals surface area contributed by atoms with Gasteiger partial charge in [0, 0.05) is 30.2 Å². The lowest BCUT2D eigenvalue weighted by Gasteiger charge is -2.09. The molecule has 0 bridgehead atoms. The number of sulfonamides is 1. The van der Waals surface area contributed by atoms with Crippen molar-refractivity contribution in [3.63, 3.8) is 0 Å². The van der Waals surface area contributed by atoms with Crippen molar-refractivity contribution in [3.05, 3.63) is 22.4 Å². The fourth-order valence-corrected chi connectivity index (χ4v) is 2.69. The summed E-state index contributed by atoms with van der Waals surface area (Å²) in [5, 5.41) is 2.41. The van der Waals surface area contributed by atoms with Gasteiger partial charge in [0.15, 0.2) is 0 Å². The predicted molar refractivity (Wildman–Crippen MR) is 72.4 cm³/mol. The number of nitrogens with one attached hydrogen (secondary N) is 2. The summed E-state index contributed by atoms with van der Waals surface area (Å²) in [7, 11) is -4.01. The Kier molecular flexibility index (Phi) is 5.27. The highest BCUT2D eigenvalue weighted by Gasteiger charge is 2.20. The highest BCUT2D eigenvalue weighted by molar-refractivity contribution is 9.10. The molecule has 0 heterocycles. The van der Waals surface area contributed by atoms with E-state index in [9.17, 15) is 17.6 Å². The summed E-state index contributed by atoms with van der Waals surface area (Å²) in [5.74, 6) is -1.19. The number of benzene rings is 1. The number of nitrogen functional groups attached to an aromatic ring is 1. The Morgan fingerprint density at radius 2 is 2.05 bits per heavy atom. The van der Waals surface area contributed by atoms with Crippen LogP contribution >= 0.6 is 15.9 Å². The topological polar surface area (TPSA) is 101 Å². The molecule has 0 atom stereocenters. The van der Waals surface area contributed by atoms with Crippen LogP contribution < -0.4 is 15.8 Å². The average Bonchev–Trinajstić information content (AvgIpc) is 2.29. The van der Waals surface area contributed by atoms with Gasteiger partial charge >= 0.3 is 0 Å². The van der Waals surface area contributed by atoms with E-state index in [-0.39, 0.29) is 29.2 Å². The van der Waals surface area contributed by atoms with Gasteiger partial charge in [0.05, 0.1) is 0 Å². The van der Waals surface area contributed by atoms with E-state index in [0.717, 1.165) is 12.1 Å². The maximum Gasteiger partial charge on any atom is 0.243 e. The predicted octanol–water partition coefficient (Wildman–Crippen LogP) is 0.585. The van der Waals surface area contributed by atoms with E-state index < -0.39 is 20.7 Å². The minimum absolute atomic E-state index is 0.0443. The first kappa shape index (κ1) is 15.9. The van der Waals surface area contributed by atoms with Crippen molar-refractivity contribution >= 4 is 37.5 Å². The second-order valence-corrected chi connectivity index (χ2v) is 6.27. The maximum atomic E-state index is 13.6. The van der Waals surface area contributed by atoms with Crippen LogP contribution in [-0.2, 0) is 14.8 Å². The molecule has 0 saturated carbocycles.